The quantitative estimate of drug-likeness (QED) is 0.712. The highest BCUT2D eigenvalue weighted by atomic mass is 32.2. The standard InChI is InChI=1S/C7H15F2NO2S/c1-2-13(11,12)5-3-4-6(10)7(8)9/h6-7H,2-5,10H2,1H3. The van der Waals surface area contributed by atoms with Crippen LogP contribution in [0.5, 0.6) is 0 Å². The van der Waals surface area contributed by atoms with Gasteiger partial charge in [0.2, 0.25) is 0 Å². The van der Waals surface area contributed by atoms with Gasteiger partial charge in [-0.05, 0) is 12.8 Å². The van der Waals surface area contributed by atoms with Crippen LogP contribution in [0.2, 0.25) is 0 Å². The first kappa shape index (κ1) is 12.8. The molecule has 3 nitrogen and oxygen atoms in total. The van der Waals surface area contributed by atoms with Gasteiger partial charge in [-0.2, -0.15) is 0 Å². The second-order valence-corrected chi connectivity index (χ2v) is 5.35. The van der Waals surface area contributed by atoms with Crippen LogP contribution in [0.15, 0.2) is 0 Å². The molecule has 0 aromatic carbocycles. The Bertz CT molecular complexity index is 229. The van der Waals surface area contributed by atoms with Crippen molar-refractivity contribution < 1.29 is 17.2 Å². The summed E-state index contributed by atoms with van der Waals surface area (Å²) in [4.78, 5) is 0. The third-order valence-electron chi connectivity index (χ3n) is 1.76. The number of hydrogen-bond donors (Lipinski definition) is 1. The zero-order chi connectivity index (χ0) is 10.5. The Morgan fingerprint density at radius 2 is 1.92 bits per heavy atom. The predicted octanol–water partition coefficient (Wildman–Crippen LogP) is 0.794. The molecule has 0 aliphatic carbocycles. The van der Waals surface area contributed by atoms with Gasteiger partial charge >= 0.3 is 0 Å². The molecule has 0 rings (SSSR count). The lowest BCUT2D eigenvalue weighted by Crippen LogP contribution is -2.29. The topological polar surface area (TPSA) is 60.2 Å². The number of hydrogen-bond acceptors (Lipinski definition) is 3. The molecule has 0 heterocycles. The van der Waals surface area contributed by atoms with E-state index >= 15 is 0 Å². The monoisotopic (exact) mass is 215 g/mol. The molecule has 0 aromatic rings. The van der Waals surface area contributed by atoms with Gasteiger partial charge in [0.25, 0.3) is 6.43 Å². The molecular formula is C7H15F2NO2S. The lowest BCUT2D eigenvalue weighted by Gasteiger charge is -2.09. The van der Waals surface area contributed by atoms with Gasteiger partial charge in [0.1, 0.15) is 9.84 Å². The summed E-state index contributed by atoms with van der Waals surface area (Å²) in [5.41, 5.74) is 5.04. The highest BCUT2D eigenvalue weighted by Crippen LogP contribution is 2.06. The minimum absolute atomic E-state index is 0.0517. The van der Waals surface area contributed by atoms with Gasteiger partial charge in [0, 0.05) is 5.75 Å². The second-order valence-electron chi connectivity index (χ2n) is 2.88. The summed E-state index contributed by atoms with van der Waals surface area (Å²) in [5.74, 6) is 0.000830. The number of nitrogens with two attached hydrogens (primary N) is 1. The first-order valence-electron chi connectivity index (χ1n) is 4.13. The molecule has 0 radical (unpaired) electrons. The number of sulfone groups is 1. The molecule has 0 amide bonds. The van der Waals surface area contributed by atoms with Crippen LogP contribution >= 0.6 is 0 Å². The summed E-state index contributed by atoms with van der Waals surface area (Å²) in [5, 5.41) is 0. The Hall–Kier alpha value is -0.230. The Morgan fingerprint density at radius 3 is 2.31 bits per heavy atom. The van der Waals surface area contributed by atoms with E-state index in [0.717, 1.165) is 0 Å². The largest absolute Gasteiger partial charge is 0.323 e. The average molecular weight is 215 g/mol. The zero-order valence-corrected chi connectivity index (χ0v) is 8.36. The molecule has 0 fully saturated rings. The van der Waals surface area contributed by atoms with Crippen LogP contribution in [-0.2, 0) is 9.84 Å². The molecule has 0 aromatic heterocycles. The van der Waals surface area contributed by atoms with Gasteiger partial charge in [-0.25, -0.2) is 17.2 Å². The SMILES string of the molecule is CCS(=O)(=O)CCCC(N)C(F)F. The maximum atomic E-state index is 11.9. The maximum Gasteiger partial charge on any atom is 0.253 e. The van der Waals surface area contributed by atoms with Crippen molar-refractivity contribution in [1.29, 1.82) is 0 Å². The molecule has 1 unspecified atom stereocenters. The summed E-state index contributed by atoms with van der Waals surface area (Å²) >= 11 is 0. The third kappa shape index (κ3) is 5.93. The Labute approximate surface area is 77.2 Å². The van der Waals surface area contributed by atoms with E-state index in [2.05, 4.69) is 0 Å². The molecule has 0 aliphatic heterocycles. The summed E-state index contributed by atoms with van der Waals surface area (Å²) < 4.78 is 45.6. The van der Waals surface area contributed by atoms with Crippen LogP contribution in [0.4, 0.5) is 8.78 Å². The van der Waals surface area contributed by atoms with E-state index in [-0.39, 0.29) is 24.3 Å². The normalized spacial score (nSPS) is 14.8. The minimum atomic E-state index is -3.04. The molecule has 2 N–H and O–H groups in total. The molecule has 1 atom stereocenters. The molecular weight excluding hydrogens is 200 g/mol. The van der Waals surface area contributed by atoms with Crippen LogP contribution in [0, 0.1) is 0 Å². The summed E-state index contributed by atoms with van der Waals surface area (Å²) in [7, 11) is -3.04. The maximum absolute atomic E-state index is 11.9. The van der Waals surface area contributed by atoms with Crippen molar-refractivity contribution in [3.05, 3.63) is 0 Å². The highest BCUT2D eigenvalue weighted by molar-refractivity contribution is 7.91. The fraction of sp³-hybridized carbons (Fsp3) is 1.00. The highest BCUT2D eigenvalue weighted by Gasteiger charge is 2.16. The van der Waals surface area contributed by atoms with Crippen molar-refractivity contribution >= 4 is 9.84 Å². The number of alkyl halides is 2. The Morgan fingerprint density at radius 1 is 1.38 bits per heavy atom. The smallest absolute Gasteiger partial charge is 0.253 e. The van der Waals surface area contributed by atoms with Crippen molar-refractivity contribution in [2.75, 3.05) is 11.5 Å². The van der Waals surface area contributed by atoms with Crippen molar-refractivity contribution in [3.63, 3.8) is 0 Å². The fourth-order valence-corrected chi connectivity index (χ4v) is 1.70. The lowest BCUT2D eigenvalue weighted by atomic mass is 10.2. The van der Waals surface area contributed by atoms with Crippen LogP contribution < -0.4 is 5.73 Å². The Kier molecular flexibility index (Phi) is 5.39. The summed E-state index contributed by atoms with van der Waals surface area (Å²) in [6.07, 6.45) is -2.30. The van der Waals surface area contributed by atoms with Gasteiger partial charge < -0.3 is 5.73 Å². The van der Waals surface area contributed by atoms with Crippen LogP contribution in [0.25, 0.3) is 0 Å². The van der Waals surface area contributed by atoms with Crippen molar-refractivity contribution in [1.82, 2.24) is 0 Å². The second kappa shape index (κ2) is 5.49. The number of rotatable bonds is 6. The van der Waals surface area contributed by atoms with Gasteiger partial charge in [-0.3, -0.25) is 0 Å². The summed E-state index contributed by atoms with van der Waals surface area (Å²) in [6.45, 7) is 1.53. The molecule has 0 bridgehead atoms. The zero-order valence-electron chi connectivity index (χ0n) is 7.54. The average Bonchev–Trinajstić information content (AvgIpc) is 2.04. The first-order chi connectivity index (χ1) is 5.89. The minimum Gasteiger partial charge on any atom is -0.323 e. The van der Waals surface area contributed by atoms with E-state index in [1.165, 1.54) is 6.92 Å². The van der Waals surface area contributed by atoms with Crippen molar-refractivity contribution in [2.45, 2.75) is 32.2 Å². The molecule has 0 aliphatic rings. The van der Waals surface area contributed by atoms with Crippen LogP contribution in [-0.4, -0.2) is 32.4 Å². The van der Waals surface area contributed by atoms with E-state index in [1.807, 2.05) is 0 Å². The molecule has 0 spiro atoms. The first-order valence-corrected chi connectivity index (χ1v) is 5.95. The van der Waals surface area contributed by atoms with Crippen LogP contribution in [0.1, 0.15) is 19.8 Å². The van der Waals surface area contributed by atoms with Crippen molar-refractivity contribution in [2.24, 2.45) is 5.73 Å². The Balaban J connectivity index is 3.69. The third-order valence-corrected chi connectivity index (χ3v) is 3.55. The van der Waals surface area contributed by atoms with E-state index in [4.69, 9.17) is 5.73 Å². The summed E-state index contributed by atoms with van der Waals surface area (Å²) in [6, 6.07) is -1.20. The van der Waals surface area contributed by atoms with E-state index in [0.29, 0.717) is 0 Å². The predicted molar refractivity (Wildman–Crippen MR) is 47.5 cm³/mol. The van der Waals surface area contributed by atoms with Crippen LogP contribution in [0.3, 0.4) is 0 Å². The van der Waals surface area contributed by atoms with E-state index < -0.39 is 22.3 Å². The lowest BCUT2D eigenvalue weighted by molar-refractivity contribution is 0.112. The van der Waals surface area contributed by atoms with Gasteiger partial charge in [0.05, 0.1) is 11.8 Å². The van der Waals surface area contributed by atoms with Gasteiger partial charge in [-0.15, -0.1) is 0 Å². The van der Waals surface area contributed by atoms with Gasteiger partial charge in [0.15, 0.2) is 0 Å². The fourth-order valence-electron chi connectivity index (χ4n) is 0.809. The van der Waals surface area contributed by atoms with E-state index in [1.54, 1.807) is 0 Å². The molecule has 80 valence electrons. The van der Waals surface area contributed by atoms with Crippen molar-refractivity contribution in [3.8, 4) is 0 Å². The van der Waals surface area contributed by atoms with E-state index in [9.17, 15) is 17.2 Å². The molecule has 6 heteroatoms. The molecule has 0 saturated carbocycles. The molecule has 0 saturated heterocycles. The molecule has 13 heavy (non-hydrogen) atoms. The van der Waals surface area contributed by atoms with Gasteiger partial charge in [-0.1, -0.05) is 6.92 Å². The number of halogens is 2.